The SMILES string of the molecule is CC(C)CNC(=NCC(C)(O)c1ccsc1)NCCc1ccco1. The van der Waals surface area contributed by atoms with Crippen LogP contribution in [0.2, 0.25) is 0 Å². The molecule has 0 bridgehead atoms. The van der Waals surface area contributed by atoms with E-state index in [0.717, 1.165) is 30.8 Å². The van der Waals surface area contributed by atoms with E-state index in [0.29, 0.717) is 18.4 Å². The summed E-state index contributed by atoms with van der Waals surface area (Å²) < 4.78 is 5.34. The molecule has 0 radical (unpaired) electrons. The molecule has 0 aliphatic carbocycles. The van der Waals surface area contributed by atoms with Crippen molar-refractivity contribution in [1.82, 2.24) is 10.6 Å². The summed E-state index contributed by atoms with van der Waals surface area (Å²) >= 11 is 1.58. The molecule has 2 aromatic rings. The number of nitrogens with one attached hydrogen (secondary N) is 2. The number of aliphatic hydroxyl groups is 1. The summed E-state index contributed by atoms with van der Waals surface area (Å²) in [5.74, 6) is 2.17. The number of hydrogen-bond donors (Lipinski definition) is 3. The third kappa shape index (κ3) is 6.02. The van der Waals surface area contributed by atoms with Crippen LogP contribution in [0.1, 0.15) is 32.1 Å². The molecule has 0 aliphatic rings. The molecule has 2 aromatic heterocycles. The summed E-state index contributed by atoms with van der Waals surface area (Å²) in [6.07, 6.45) is 2.47. The van der Waals surface area contributed by atoms with E-state index in [2.05, 4.69) is 29.5 Å². The van der Waals surface area contributed by atoms with Crippen molar-refractivity contribution in [3.63, 3.8) is 0 Å². The highest BCUT2D eigenvalue weighted by molar-refractivity contribution is 7.08. The summed E-state index contributed by atoms with van der Waals surface area (Å²) in [4.78, 5) is 4.56. The van der Waals surface area contributed by atoms with Crippen molar-refractivity contribution in [3.8, 4) is 0 Å². The zero-order valence-corrected chi connectivity index (χ0v) is 15.4. The molecule has 0 aliphatic heterocycles. The highest BCUT2D eigenvalue weighted by atomic mass is 32.1. The van der Waals surface area contributed by atoms with Crippen LogP contribution in [-0.2, 0) is 12.0 Å². The van der Waals surface area contributed by atoms with Crippen molar-refractivity contribution >= 4 is 17.3 Å². The fourth-order valence-corrected chi connectivity index (χ4v) is 2.91. The molecule has 0 aromatic carbocycles. The second-order valence-corrected chi connectivity index (χ2v) is 7.26. The number of thiophene rings is 1. The van der Waals surface area contributed by atoms with Crippen LogP contribution in [-0.4, -0.2) is 30.7 Å². The Morgan fingerprint density at radius 3 is 2.83 bits per heavy atom. The zero-order chi connectivity index (χ0) is 17.4. The average Bonchev–Trinajstić information content (AvgIpc) is 3.22. The summed E-state index contributed by atoms with van der Waals surface area (Å²) in [5, 5.41) is 21.1. The summed E-state index contributed by atoms with van der Waals surface area (Å²) in [6, 6.07) is 5.78. The summed E-state index contributed by atoms with van der Waals surface area (Å²) in [7, 11) is 0. The minimum absolute atomic E-state index is 0.303. The fourth-order valence-electron chi connectivity index (χ4n) is 2.13. The first-order valence-electron chi connectivity index (χ1n) is 8.27. The molecule has 1 atom stereocenters. The van der Waals surface area contributed by atoms with E-state index >= 15 is 0 Å². The highest BCUT2D eigenvalue weighted by Crippen LogP contribution is 2.23. The lowest BCUT2D eigenvalue weighted by atomic mass is 10.00. The van der Waals surface area contributed by atoms with Gasteiger partial charge in [0.25, 0.3) is 0 Å². The first-order valence-corrected chi connectivity index (χ1v) is 9.21. The Kier molecular flexibility index (Phi) is 6.87. The van der Waals surface area contributed by atoms with Crippen LogP contribution in [0.5, 0.6) is 0 Å². The molecule has 0 spiro atoms. The molecular formula is C18H27N3O2S. The van der Waals surface area contributed by atoms with Gasteiger partial charge in [-0.1, -0.05) is 13.8 Å². The molecular weight excluding hydrogens is 322 g/mol. The molecule has 1 unspecified atom stereocenters. The molecule has 2 rings (SSSR count). The molecule has 24 heavy (non-hydrogen) atoms. The van der Waals surface area contributed by atoms with Crippen LogP contribution < -0.4 is 10.6 Å². The third-order valence-corrected chi connectivity index (χ3v) is 4.29. The third-order valence-electron chi connectivity index (χ3n) is 3.61. The monoisotopic (exact) mass is 349 g/mol. The van der Waals surface area contributed by atoms with E-state index < -0.39 is 5.60 Å². The van der Waals surface area contributed by atoms with Gasteiger partial charge in [0.15, 0.2) is 5.96 Å². The minimum atomic E-state index is -0.965. The molecule has 132 valence electrons. The van der Waals surface area contributed by atoms with Crippen LogP contribution in [0.4, 0.5) is 0 Å². The minimum Gasteiger partial charge on any atom is -0.469 e. The number of aliphatic imine (C=N–C) groups is 1. The van der Waals surface area contributed by atoms with E-state index in [-0.39, 0.29) is 0 Å². The molecule has 0 amide bonds. The number of furan rings is 1. The molecule has 0 fully saturated rings. The maximum Gasteiger partial charge on any atom is 0.191 e. The van der Waals surface area contributed by atoms with Gasteiger partial charge >= 0.3 is 0 Å². The molecule has 5 nitrogen and oxygen atoms in total. The Morgan fingerprint density at radius 1 is 1.38 bits per heavy atom. The maximum atomic E-state index is 10.6. The Bertz CT molecular complexity index is 604. The van der Waals surface area contributed by atoms with Crippen LogP contribution in [0, 0.1) is 5.92 Å². The van der Waals surface area contributed by atoms with E-state index in [4.69, 9.17) is 4.42 Å². The van der Waals surface area contributed by atoms with E-state index in [9.17, 15) is 5.11 Å². The van der Waals surface area contributed by atoms with E-state index in [1.54, 1.807) is 24.5 Å². The zero-order valence-electron chi connectivity index (χ0n) is 14.6. The topological polar surface area (TPSA) is 69.8 Å². The number of nitrogens with zero attached hydrogens (tertiary/aromatic N) is 1. The van der Waals surface area contributed by atoms with Crippen LogP contribution >= 0.6 is 11.3 Å². The van der Waals surface area contributed by atoms with Gasteiger partial charge in [-0.15, -0.1) is 0 Å². The van der Waals surface area contributed by atoms with Crippen molar-refractivity contribution in [2.24, 2.45) is 10.9 Å². The van der Waals surface area contributed by atoms with Crippen molar-refractivity contribution in [1.29, 1.82) is 0 Å². The predicted molar refractivity (Wildman–Crippen MR) is 99.4 cm³/mol. The number of rotatable bonds is 8. The van der Waals surface area contributed by atoms with Gasteiger partial charge in [-0.3, -0.25) is 0 Å². The molecule has 0 saturated heterocycles. The standard InChI is InChI=1S/C18H27N3O2S/c1-14(2)11-20-17(19-8-6-16-5-4-9-23-16)21-13-18(3,22)15-7-10-24-12-15/h4-5,7,9-10,12,14,22H,6,8,11,13H2,1-3H3,(H2,19,20,21). The van der Waals surface area contributed by atoms with Crippen molar-refractivity contribution in [2.45, 2.75) is 32.8 Å². The first kappa shape index (κ1) is 18.5. The van der Waals surface area contributed by atoms with Gasteiger partial charge in [0.1, 0.15) is 11.4 Å². The van der Waals surface area contributed by atoms with Gasteiger partial charge in [0, 0.05) is 19.5 Å². The normalized spacial score (nSPS) is 14.6. The molecule has 0 saturated carbocycles. The molecule has 3 N–H and O–H groups in total. The molecule has 6 heteroatoms. The van der Waals surface area contributed by atoms with Gasteiger partial charge in [-0.05, 0) is 47.4 Å². The van der Waals surface area contributed by atoms with Gasteiger partial charge in [-0.2, -0.15) is 11.3 Å². The van der Waals surface area contributed by atoms with E-state index in [1.165, 1.54) is 0 Å². The van der Waals surface area contributed by atoms with Crippen molar-refractivity contribution < 1.29 is 9.52 Å². The predicted octanol–water partition coefficient (Wildman–Crippen LogP) is 2.98. The van der Waals surface area contributed by atoms with Gasteiger partial charge in [0.2, 0.25) is 0 Å². The summed E-state index contributed by atoms with van der Waals surface area (Å²) in [5.41, 5.74) is -0.0666. The lowest BCUT2D eigenvalue weighted by molar-refractivity contribution is 0.0677. The van der Waals surface area contributed by atoms with Gasteiger partial charge < -0.3 is 20.2 Å². The van der Waals surface area contributed by atoms with Crippen LogP contribution in [0.15, 0.2) is 44.6 Å². The largest absolute Gasteiger partial charge is 0.469 e. The number of hydrogen-bond acceptors (Lipinski definition) is 4. The lowest BCUT2D eigenvalue weighted by Gasteiger charge is -2.21. The quantitative estimate of drug-likeness (QED) is 0.506. The Balaban J connectivity index is 1.93. The maximum absolute atomic E-state index is 10.6. The Morgan fingerprint density at radius 2 is 2.21 bits per heavy atom. The van der Waals surface area contributed by atoms with Crippen molar-refractivity contribution in [3.05, 3.63) is 46.5 Å². The van der Waals surface area contributed by atoms with Gasteiger partial charge in [0.05, 0.1) is 12.8 Å². The first-order chi connectivity index (χ1) is 11.5. The number of guanidine groups is 1. The Labute approximate surface area is 147 Å². The van der Waals surface area contributed by atoms with Gasteiger partial charge in [-0.25, -0.2) is 4.99 Å². The second kappa shape index (κ2) is 8.89. The highest BCUT2D eigenvalue weighted by Gasteiger charge is 2.23. The fraction of sp³-hybridized carbons (Fsp3) is 0.500. The Hall–Kier alpha value is -1.79. The van der Waals surface area contributed by atoms with Crippen LogP contribution in [0.3, 0.4) is 0 Å². The summed E-state index contributed by atoms with van der Waals surface area (Å²) in [6.45, 7) is 7.94. The van der Waals surface area contributed by atoms with Crippen LogP contribution in [0.25, 0.3) is 0 Å². The lowest BCUT2D eigenvalue weighted by Crippen LogP contribution is -2.41. The second-order valence-electron chi connectivity index (χ2n) is 6.48. The average molecular weight is 350 g/mol. The molecule has 2 heterocycles. The van der Waals surface area contributed by atoms with Crippen molar-refractivity contribution in [2.75, 3.05) is 19.6 Å². The van der Waals surface area contributed by atoms with E-state index in [1.807, 2.05) is 29.0 Å². The smallest absolute Gasteiger partial charge is 0.191 e.